The van der Waals surface area contributed by atoms with Crippen molar-refractivity contribution in [1.82, 2.24) is 0 Å². The number of hydrogen-bond acceptors (Lipinski definition) is 3. The Morgan fingerprint density at radius 3 is 2.68 bits per heavy atom. The maximum Gasteiger partial charge on any atom is 0.335 e. The molecule has 1 aromatic carbocycles. The van der Waals surface area contributed by atoms with Crippen LogP contribution in [0.3, 0.4) is 0 Å². The largest absolute Gasteiger partial charge is 0.478 e. The van der Waals surface area contributed by atoms with Gasteiger partial charge in [0.25, 0.3) is 0 Å². The summed E-state index contributed by atoms with van der Waals surface area (Å²) in [6.45, 7) is 4.44. The van der Waals surface area contributed by atoms with Crippen LogP contribution in [0.15, 0.2) is 18.2 Å². The van der Waals surface area contributed by atoms with Crippen LogP contribution in [0.1, 0.15) is 29.8 Å². The fraction of sp³-hybridized carbons (Fsp3) is 0.429. The van der Waals surface area contributed by atoms with Crippen LogP contribution < -0.4 is 10.6 Å². The number of nitrogens with two attached hydrogens (primary N) is 1. The standard InChI is InChI=1S/C14H18N2O3/c1-14(2,8-15)13(19)16-6-5-9-3-4-10(12(17)18)7-11(9)16/h3-4,7H,5-6,8,15H2,1-2H3,(H,17,18). The molecule has 0 atom stereocenters. The zero-order valence-corrected chi connectivity index (χ0v) is 11.1. The van der Waals surface area contributed by atoms with E-state index in [4.69, 9.17) is 10.8 Å². The number of carbonyl (C=O) groups is 2. The van der Waals surface area contributed by atoms with Gasteiger partial charge in [0.15, 0.2) is 0 Å². The summed E-state index contributed by atoms with van der Waals surface area (Å²) in [7, 11) is 0. The third kappa shape index (κ3) is 2.33. The van der Waals surface area contributed by atoms with Crippen molar-refractivity contribution >= 4 is 17.6 Å². The molecule has 1 aliphatic rings. The molecule has 2 rings (SSSR count). The second kappa shape index (κ2) is 4.66. The number of anilines is 1. The fourth-order valence-corrected chi connectivity index (χ4v) is 2.18. The molecule has 19 heavy (non-hydrogen) atoms. The normalized spacial score (nSPS) is 14.4. The highest BCUT2D eigenvalue weighted by molar-refractivity contribution is 6.00. The van der Waals surface area contributed by atoms with Crippen LogP contribution in [0.5, 0.6) is 0 Å². The van der Waals surface area contributed by atoms with Gasteiger partial charge in [-0.1, -0.05) is 6.07 Å². The van der Waals surface area contributed by atoms with Crippen molar-refractivity contribution in [3.63, 3.8) is 0 Å². The van der Waals surface area contributed by atoms with E-state index in [0.717, 1.165) is 12.0 Å². The second-order valence-electron chi connectivity index (χ2n) is 5.44. The number of aromatic carboxylic acids is 1. The highest BCUT2D eigenvalue weighted by atomic mass is 16.4. The molecule has 1 amide bonds. The van der Waals surface area contributed by atoms with Crippen molar-refractivity contribution in [2.75, 3.05) is 18.0 Å². The Balaban J connectivity index is 2.38. The number of rotatable bonds is 3. The molecule has 1 heterocycles. The molecule has 5 nitrogen and oxygen atoms in total. The molecule has 1 aliphatic heterocycles. The molecule has 1 aromatic rings. The zero-order valence-electron chi connectivity index (χ0n) is 11.1. The first-order valence-corrected chi connectivity index (χ1v) is 6.25. The van der Waals surface area contributed by atoms with Gasteiger partial charge in [0.2, 0.25) is 5.91 Å². The van der Waals surface area contributed by atoms with E-state index in [1.165, 1.54) is 0 Å². The minimum absolute atomic E-state index is 0.0590. The van der Waals surface area contributed by atoms with Crippen LogP contribution in [0.25, 0.3) is 0 Å². The Labute approximate surface area is 112 Å². The van der Waals surface area contributed by atoms with Gasteiger partial charge in [-0.2, -0.15) is 0 Å². The third-order valence-electron chi connectivity index (χ3n) is 3.56. The van der Waals surface area contributed by atoms with Crippen molar-refractivity contribution < 1.29 is 14.7 Å². The third-order valence-corrected chi connectivity index (χ3v) is 3.56. The van der Waals surface area contributed by atoms with E-state index >= 15 is 0 Å². The Morgan fingerprint density at radius 2 is 2.11 bits per heavy atom. The first kappa shape index (κ1) is 13.5. The molecule has 0 saturated carbocycles. The molecule has 5 heteroatoms. The summed E-state index contributed by atoms with van der Waals surface area (Å²) in [6, 6.07) is 4.92. The smallest absolute Gasteiger partial charge is 0.335 e. The number of nitrogens with zero attached hydrogens (tertiary/aromatic N) is 1. The van der Waals surface area contributed by atoms with E-state index in [-0.39, 0.29) is 18.0 Å². The number of amides is 1. The lowest BCUT2D eigenvalue weighted by atomic mass is 9.92. The average molecular weight is 262 g/mol. The van der Waals surface area contributed by atoms with Gasteiger partial charge < -0.3 is 15.7 Å². The molecule has 0 bridgehead atoms. The lowest BCUT2D eigenvalue weighted by Gasteiger charge is -2.28. The highest BCUT2D eigenvalue weighted by Crippen LogP contribution is 2.32. The van der Waals surface area contributed by atoms with E-state index in [2.05, 4.69) is 0 Å². The van der Waals surface area contributed by atoms with Crippen molar-refractivity contribution in [1.29, 1.82) is 0 Å². The molecule has 0 aliphatic carbocycles. The number of carboxylic acid groups (broad SMARTS) is 1. The Morgan fingerprint density at radius 1 is 1.42 bits per heavy atom. The van der Waals surface area contributed by atoms with Crippen LogP contribution in [0.4, 0.5) is 5.69 Å². The second-order valence-corrected chi connectivity index (χ2v) is 5.44. The van der Waals surface area contributed by atoms with Gasteiger partial charge in [0.05, 0.1) is 11.0 Å². The number of benzene rings is 1. The molecule has 0 unspecified atom stereocenters. The zero-order chi connectivity index (χ0) is 14.2. The van der Waals surface area contributed by atoms with Gasteiger partial charge in [0, 0.05) is 18.8 Å². The van der Waals surface area contributed by atoms with Crippen molar-refractivity contribution in [3.8, 4) is 0 Å². The number of carbonyl (C=O) groups excluding carboxylic acids is 1. The molecular weight excluding hydrogens is 244 g/mol. The van der Waals surface area contributed by atoms with Crippen LogP contribution in [0.2, 0.25) is 0 Å². The highest BCUT2D eigenvalue weighted by Gasteiger charge is 2.34. The van der Waals surface area contributed by atoms with Crippen LogP contribution >= 0.6 is 0 Å². The van der Waals surface area contributed by atoms with Gasteiger partial charge in [0.1, 0.15) is 0 Å². The molecule has 102 valence electrons. The molecule has 0 radical (unpaired) electrons. The number of hydrogen-bond donors (Lipinski definition) is 2. The van der Waals surface area contributed by atoms with E-state index in [1.807, 2.05) is 0 Å². The predicted molar refractivity (Wildman–Crippen MR) is 72.3 cm³/mol. The molecular formula is C14H18N2O3. The van der Waals surface area contributed by atoms with Crippen LogP contribution in [-0.4, -0.2) is 30.1 Å². The lowest BCUT2D eigenvalue weighted by Crippen LogP contribution is -2.44. The first-order chi connectivity index (χ1) is 8.86. The van der Waals surface area contributed by atoms with E-state index in [9.17, 15) is 9.59 Å². The van der Waals surface area contributed by atoms with Gasteiger partial charge in [-0.05, 0) is 38.0 Å². The van der Waals surface area contributed by atoms with Crippen LogP contribution in [0, 0.1) is 5.41 Å². The molecule has 3 N–H and O–H groups in total. The van der Waals surface area contributed by atoms with Gasteiger partial charge in [-0.3, -0.25) is 4.79 Å². The maximum atomic E-state index is 12.4. The Kier molecular flexibility index (Phi) is 3.32. The summed E-state index contributed by atoms with van der Waals surface area (Å²) in [4.78, 5) is 25.1. The summed E-state index contributed by atoms with van der Waals surface area (Å²) in [5.41, 5.74) is 6.90. The quantitative estimate of drug-likeness (QED) is 0.859. The summed E-state index contributed by atoms with van der Waals surface area (Å²) in [6.07, 6.45) is 0.752. The van der Waals surface area contributed by atoms with E-state index in [0.29, 0.717) is 12.2 Å². The lowest BCUT2D eigenvalue weighted by molar-refractivity contribution is -0.126. The van der Waals surface area contributed by atoms with Gasteiger partial charge >= 0.3 is 5.97 Å². The maximum absolute atomic E-state index is 12.4. The van der Waals surface area contributed by atoms with Crippen LogP contribution in [-0.2, 0) is 11.2 Å². The Bertz CT molecular complexity index is 537. The SMILES string of the molecule is CC(C)(CN)C(=O)N1CCc2ccc(C(=O)O)cc21. The van der Waals surface area contributed by atoms with E-state index < -0.39 is 11.4 Å². The molecule has 0 fully saturated rings. The number of fused-ring (bicyclic) bond motifs is 1. The minimum atomic E-state index is -0.986. The molecule has 0 saturated heterocycles. The predicted octanol–water partition coefficient (Wildman–Crippen LogP) is 1.26. The average Bonchev–Trinajstić information content (AvgIpc) is 2.80. The summed E-state index contributed by atoms with van der Waals surface area (Å²) in [5.74, 6) is -1.04. The van der Waals surface area contributed by atoms with Crippen molar-refractivity contribution in [2.24, 2.45) is 11.1 Å². The van der Waals surface area contributed by atoms with Crippen molar-refractivity contribution in [2.45, 2.75) is 20.3 Å². The van der Waals surface area contributed by atoms with E-state index in [1.54, 1.807) is 36.9 Å². The molecule has 0 spiro atoms. The number of carboxylic acids is 1. The summed E-state index contributed by atoms with van der Waals surface area (Å²) >= 11 is 0. The minimum Gasteiger partial charge on any atom is -0.478 e. The Hall–Kier alpha value is -1.88. The first-order valence-electron chi connectivity index (χ1n) is 6.25. The van der Waals surface area contributed by atoms with Gasteiger partial charge in [-0.15, -0.1) is 0 Å². The molecule has 0 aromatic heterocycles. The van der Waals surface area contributed by atoms with Crippen molar-refractivity contribution in [3.05, 3.63) is 29.3 Å². The fourth-order valence-electron chi connectivity index (χ4n) is 2.18. The topological polar surface area (TPSA) is 83.6 Å². The summed E-state index contributed by atoms with van der Waals surface area (Å²) < 4.78 is 0. The summed E-state index contributed by atoms with van der Waals surface area (Å²) in [5, 5.41) is 9.02. The van der Waals surface area contributed by atoms with Gasteiger partial charge in [-0.25, -0.2) is 4.79 Å². The monoisotopic (exact) mass is 262 g/mol.